The number of carbonyl (C=O) groups excluding carboxylic acids is 1. The summed E-state index contributed by atoms with van der Waals surface area (Å²) in [5.74, 6) is 2.50. The zero-order valence-electron chi connectivity index (χ0n) is 22.4. The van der Waals surface area contributed by atoms with Gasteiger partial charge in [-0.2, -0.15) is 0 Å². The number of piperazine rings is 1. The van der Waals surface area contributed by atoms with Gasteiger partial charge in [-0.15, -0.1) is 0 Å². The number of nitrogens with zero attached hydrogens (tertiary/aromatic N) is 4. The molecule has 200 valence electrons. The van der Waals surface area contributed by atoms with E-state index in [0.29, 0.717) is 60.5 Å². The molecule has 0 N–H and O–H groups in total. The molecule has 2 heterocycles. The Kier molecular flexibility index (Phi) is 7.98. The van der Waals surface area contributed by atoms with E-state index in [9.17, 15) is 4.79 Å². The van der Waals surface area contributed by atoms with E-state index >= 15 is 0 Å². The standard InChI is InChI=1S/C31H31ClN4O3/c1-21-25(20-22-12-14-24(32)15-13-22)30(34-29(33-21)23-8-5-4-6-9-23)35-16-18-36(19-17-35)31(37)28-26(38-2)10-7-11-27(28)39-3/h4-15H,16-20H2,1-3H3. The van der Waals surface area contributed by atoms with Crippen molar-refractivity contribution >= 4 is 23.3 Å². The number of benzene rings is 3. The van der Waals surface area contributed by atoms with E-state index in [1.807, 2.05) is 72.5 Å². The van der Waals surface area contributed by atoms with Crippen LogP contribution in [0.25, 0.3) is 11.4 Å². The Morgan fingerprint density at radius 1 is 0.846 bits per heavy atom. The molecule has 0 unspecified atom stereocenters. The topological polar surface area (TPSA) is 67.8 Å². The van der Waals surface area contributed by atoms with Crippen LogP contribution < -0.4 is 14.4 Å². The molecule has 1 saturated heterocycles. The highest BCUT2D eigenvalue weighted by atomic mass is 35.5. The molecule has 0 saturated carbocycles. The monoisotopic (exact) mass is 542 g/mol. The van der Waals surface area contributed by atoms with Crippen LogP contribution >= 0.6 is 11.6 Å². The molecule has 0 aliphatic carbocycles. The maximum atomic E-state index is 13.5. The van der Waals surface area contributed by atoms with E-state index in [1.54, 1.807) is 26.4 Å². The Hall–Kier alpha value is -4.10. The predicted octanol–water partition coefficient (Wildman–Crippen LogP) is 5.68. The van der Waals surface area contributed by atoms with Crippen molar-refractivity contribution < 1.29 is 14.3 Å². The van der Waals surface area contributed by atoms with Gasteiger partial charge in [0.25, 0.3) is 5.91 Å². The fourth-order valence-electron chi connectivity index (χ4n) is 4.91. The highest BCUT2D eigenvalue weighted by Crippen LogP contribution is 2.32. The van der Waals surface area contributed by atoms with Crippen molar-refractivity contribution in [1.29, 1.82) is 0 Å². The molecule has 1 aliphatic rings. The Labute approximate surface area is 234 Å². The third-order valence-electron chi connectivity index (χ3n) is 7.03. The molecule has 3 aromatic carbocycles. The summed E-state index contributed by atoms with van der Waals surface area (Å²) in [5.41, 5.74) is 4.56. The average molecular weight is 543 g/mol. The van der Waals surface area contributed by atoms with E-state index in [1.165, 1.54) is 0 Å². The summed E-state index contributed by atoms with van der Waals surface area (Å²) in [7, 11) is 3.13. The normalized spacial score (nSPS) is 13.3. The van der Waals surface area contributed by atoms with Gasteiger partial charge >= 0.3 is 0 Å². The predicted molar refractivity (Wildman–Crippen MR) is 154 cm³/mol. The molecule has 0 bridgehead atoms. The lowest BCUT2D eigenvalue weighted by atomic mass is 10.0. The van der Waals surface area contributed by atoms with Crippen LogP contribution in [0.1, 0.15) is 27.2 Å². The molecule has 0 spiro atoms. The van der Waals surface area contributed by atoms with Gasteiger partial charge in [-0.25, -0.2) is 9.97 Å². The maximum absolute atomic E-state index is 13.5. The van der Waals surface area contributed by atoms with Crippen LogP contribution in [0.15, 0.2) is 72.8 Å². The number of amides is 1. The number of rotatable bonds is 7. The fraction of sp³-hybridized carbons (Fsp3) is 0.258. The Morgan fingerprint density at radius 2 is 1.49 bits per heavy atom. The second-order valence-corrected chi connectivity index (χ2v) is 9.86. The molecule has 7 nitrogen and oxygen atoms in total. The molecule has 0 atom stereocenters. The lowest BCUT2D eigenvalue weighted by Gasteiger charge is -2.37. The Morgan fingerprint density at radius 3 is 2.10 bits per heavy atom. The molecule has 1 amide bonds. The first-order valence-corrected chi connectivity index (χ1v) is 13.3. The maximum Gasteiger partial charge on any atom is 0.261 e. The second kappa shape index (κ2) is 11.7. The van der Waals surface area contributed by atoms with Gasteiger partial charge in [0.1, 0.15) is 22.9 Å². The van der Waals surface area contributed by atoms with E-state index in [4.69, 9.17) is 31.0 Å². The smallest absolute Gasteiger partial charge is 0.261 e. The van der Waals surface area contributed by atoms with Crippen molar-refractivity contribution in [3.05, 3.63) is 100 Å². The Bertz CT molecular complexity index is 1430. The van der Waals surface area contributed by atoms with E-state index < -0.39 is 0 Å². The lowest BCUT2D eigenvalue weighted by molar-refractivity contribution is 0.0739. The van der Waals surface area contributed by atoms with Crippen LogP contribution in [0.3, 0.4) is 0 Å². The number of methoxy groups -OCH3 is 2. The largest absolute Gasteiger partial charge is 0.496 e. The van der Waals surface area contributed by atoms with Gasteiger partial charge in [0.15, 0.2) is 5.82 Å². The average Bonchev–Trinajstić information content (AvgIpc) is 2.98. The number of aromatic nitrogens is 2. The SMILES string of the molecule is COc1cccc(OC)c1C(=O)N1CCN(c2nc(-c3ccccc3)nc(C)c2Cc2ccc(Cl)cc2)CC1. The summed E-state index contributed by atoms with van der Waals surface area (Å²) < 4.78 is 11.0. The summed E-state index contributed by atoms with van der Waals surface area (Å²) in [4.78, 5) is 27.6. The molecule has 4 aromatic rings. The minimum absolute atomic E-state index is 0.103. The molecule has 1 aliphatic heterocycles. The first-order valence-electron chi connectivity index (χ1n) is 12.9. The van der Waals surface area contributed by atoms with Gasteiger partial charge in [0.2, 0.25) is 0 Å². The molecular weight excluding hydrogens is 512 g/mol. The van der Waals surface area contributed by atoms with Crippen LogP contribution in [0.4, 0.5) is 5.82 Å². The molecule has 8 heteroatoms. The fourth-order valence-corrected chi connectivity index (χ4v) is 5.04. The molecule has 39 heavy (non-hydrogen) atoms. The minimum Gasteiger partial charge on any atom is -0.496 e. The van der Waals surface area contributed by atoms with Gasteiger partial charge < -0.3 is 19.3 Å². The van der Waals surface area contributed by atoms with Gasteiger partial charge in [-0.1, -0.05) is 60.1 Å². The second-order valence-electron chi connectivity index (χ2n) is 9.42. The van der Waals surface area contributed by atoms with Crippen molar-refractivity contribution in [2.45, 2.75) is 13.3 Å². The number of halogens is 1. The van der Waals surface area contributed by atoms with Crippen LogP contribution in [0.5, 0.6) is 11.5 Å². The third kappa shape index (κ3) is 5.68. The summed E-state index contributed by atoms with van der Waals surface area (Å²) >= 11 is 6.13. The molecular formula is C31H31ClN4O3. The van der Waals surface area contributed by atoms with Crippen molar-refractivity contribution in [3.63, 3.8) is 0 Å². The van der Waals surface area contributed by atoms with Gasteiger partial charge in [0, 0.05) is 54.4 Å². The van der Waals surface area contributed by atoms with Gasteiger partial charge in [-0.3, -0.25) is 4.79 Å². The number of hydrogen-bond acceptors (Lipinski definition) is 6. The number of aryl methyl sites for hydroxylation is 1. The summed E-state index contributed by atoms with van der Waals surface area (Å²) in [6.45, 7) is 4.41. The first kappa shape index (κ1) is 26.5. The Balaban J connectivity index is 1.44. The highest BCUT2D eigenvalue weighted by Gasteiger charge is 2.29. The molecule has 1 aromatic heterocycles. The van der Waals surface area contributed by atoms with Crippen LogP contribution in [-0.4, -0.2) is 61.2 Å². The van der Waals surface area contributed by atoms with Crippen LogP contribution in [0.2, 0.25) is 5.02 Å². The van der Waals surface area contributed by atoms with E-state index in [-0.39, 0.29) is 5.91 Å². The number of carbonyl (C=O) groups is 1. The minimum atomic E-state index is -0.103. The number of anilines is 1. The van der Waals surface area contributed by atoms with Crippen molar-refractivity contribution in [1.82, 2.24) is 14.9 Å². The van der Waals surface area contributed by atoms with Crippen molar-refractivity contribution in [2.24, 2.45) is 0 Å². The molecule has 0 radical (unpaired) electrons. The lowest BCUT2D eigenvalue weighted by Crippen LogP contribution is -2.49. The van der Waals surface area contributed by atoms with Crippen LogP contribution in [0, 0.1) is 6.92 Å². The summed E-state index contributed by atoms with van der Waals surface area (Å²) in [6.07, 6.45) is 0.685. The molecule has 1 fully saturated rings. The highest BCUT2D eigenvalue weighted by molar-refractivity contribution is 6.30. The third-order valence-corrected chi connectivity index (χ3v) is 7.28. The van der Waals surface area contributed by atoms with E-state index in [0.717, 1.165) is 28.2 Å². The quantitative estimate of drug-likeness (QED) is 0.299. The van der Waals surface area contributed by atoms with Gasteiger partial charge in [0.05, 0.1) is 14.2 Å². The van der Waals surface area contributed by atoms with Crippen molar-refractivity contribution in [3.8, 4) is 22.9 Å². The zero-order chi connectivity index (χ0) is 27.4. The number of hydrogen-bond donors (Lipinski definition) is 0. The summed E-state index contributed by atoms with van der Waals surface area (Å²) in [6, 6.07) is 23.3. The number of ether oxygens (including phenoxy) is 2. The molecule has 5 rings (SSSR count). The van der Waals surface area contributed by atoms with Gasteiger partial charge in [-0.05, 0) is 36.8 Å². The zero-order valence-corrected chi connectivity index (χ0v) is 23.1. The van der Waals surface area contributed by atoms with Crippen LogP contribution in [-0.2, 0) is 6.42 Å². The van der Waals surface area contributed by atoms with E-state index in [2.05, 4.69) is 4.90 Å². The first-order chi connectivity index (χ1) is 19.0. The van der Waals surface area contributed by atoms with Crippen molar-refractivity contribution in [2.75, 3.05) is 45.3 Å². The summed E-state index contributed by atoms with van der Waals surface area (Å²) in [5, 5.41) is 0.707.